The predicted molar refractivity (Wildman–Crippen MR) is 27.5 cm³/mol. The third-order valence-electron chi connectivity index (χ3n) is 1.28. The fourth-order valence-electron chi connectivity index (χ4n) is 0.822. The van der Waals surface area contributed by atoms with E-state index in [0.29, 0.717) is 0 Å². The normalized spacial score (nSPS) is 24.8. The van der Waals surface area contributed by atoms with Crippen molar-refractivity contribution in [2.24, 2.45) is 0 Å². The van der Waals surface area contributed by atoms with Crippen LogP contribution in [0.15, 0.2) is 0 Å². The van der Waals surface area contributed by atoms with E-state index in [1.54, 1.807) is 0 Å². The molecule has 1 heterocycles. The van der Waals surface area contributed by atoms with Crippen molar-refractivity contribution in [3.63, 3.8) is 0 Å². The average molecular weight is 138 g/mol. The van der Waals surface area contributed by atoms with Gasteiger partial charge in [-0.25, -0.2) is 4.84 Å². The highest BCUT2D eigenvalue weighted by Gasteiger charge is 2.22. The van der Waals surface area contributed by atoms with E-state index in [-0.39, 0.29) is 12.4 Å². The maximum absolute atomic E-state index is 5.28. The quantitative estimate of drug-likeness (QED) is 0.333. The molecule has 0 bridgehead atoms. The molecule has 0 aromatic rings. The van der Waals surface area contributed by atoms with E-state index in [0.717, 1.165) is 11.3 Å². The monoisotopic (exact) mass is 137 g/mol. The van der Waals surface area contributed by atoms with Gasteiger partial charge in [0.05, 0.1) is 14.1 Å². The number of hydrogen-bond acceptors (Lipinski definition) is 1. The first-order valence-corrected chi connectivity index (χ1v) is 2.68. The minimum absolute atomic E-state index is 0. The molecule has 0 aromatic carbocycles. The standard InChI is InChI=1S/C5H12NO.ClH/c1-6(2)4-3-5-7-6;/h3-5H2,1-2H3;1H/q+1;/p-1. The lowest BCUT2D eigenvalue weighted by molar-refractivity contribution is -1.06. The van der Waals surface area contributed by atoms with E-state index in [1.165, 1.54) is 13.0 Å². The molecule has 1 saturated heterocycles. The van der Waals surface area contributed by atoms with Gasteiger partial charge in [-0.05, 0) is 0 Å². The van der Waals surface area contributed by atoms with Crippen LogP contribution in [0, 0.1) is 0 Å². The molecule has 0 aromatic heterocycles. The van der Waals surface area contributed by atoms with Crippen molar-refractivity contribution >= 4 is 0 Å². The first kappa shape index (κ1) is 8.21. The van der Waals surface area contributed by atoms with Crippen molar-refractivity contribution in [3.05, 3.63) is 0 Å². The zero-order valence-corrected chi connectivity index (χ0v) is 6.11. The Labute approximate surface area is 56.4 Å². The molecule has 0 unspecified atom stereocenters. The molecule has 0 aliphatic carbocycles. The zero-order valence-electron chi connectivity index (χ0n) is 5.35. The summed E-state index contributed by atoms with van der Waals surface area (Å²) < 4.78 is 0.750. The van der Waals surface area contributed by atoms with E-state index in [4.69, 9.17) is 4.84 Å². The molecule has 0 spiro atoms. The first-order valence-electron chi connectivity index (χ1n) is 2.68. The molecule has 3 heteroatoms. The van der Waals surface area contributed by atoms with Crippen LogP contribution < -0.4 is 12.4 Å². The molecule has 1 aliphatic rings. The lowest BCUT2D eigenvalue weighted by atomic mass is 10.5. The molecule has 0 amide bonds. The van der Waals surface area contributed by atoms with E-state index in [1.807, 2.05) is 0 Å². The summed E-state index contributed by atoms with van der Waals surface area (Å²) in [6.07, 6.45) is 1.22. The van der Waals surface area contributed by atoms with E-state index in [9.17, 15) is 0 Å². The lowest BCUT2D eigenvalue weighted by Crippen LogP contribution is -3.00. The highest BCUT2D eigenvalue weighted by atomic mass is 35.5. The van der Waals surface area contributed by atoms with Crippen LogP contribution >= 0.6 is 0 Å². The fraction of sp³-hybridized carbons (Fsp3) is 1.00. The van der Waals surface area contributed by atoms with Crippen molar-refractivity contribution < 1.29 is 21.9 Å². The van der Waals surface area contributed by atoms with Crippen LogP contribution in [-0.2, 0) is 4.84 Å². The molecule has 0 radical (unpaired) electrons. The minimum atomic E-state index is 0. The molecule has 2 nitrogen and oxygen atoms in total. The van der Waals surface area contributed by atoms with Gasteiger partial charge in [0.15, 0.2) is 0 Å². The second-order valence-corrected chi connectivity index (χ2v) is 2.48. The van der Waals surface area contributed by atoms with Crippen molar-refractivity contribution in [2.75, 3.05) is 27.2 Å². The molecule has 50 valence electrons. The van der Waals surface area contributed by atoms with Crippen LogP contribution in [0.5, 0.6) is 0 Å². The van der Waals surface area contributed by atoms with Gasteiger partial charge in [-0.1, -0.05) is 0 Å². The predicted octanol–water partition coefficient (Wildman–Crippen LogP) is -2.60. The van der Waals surface area contributed by atoms with Crippen molar-refractivity contribution in [3.8, 4) is 0 Å². The van der Waals surface area contributed by atoms with Gasteiger partial charge in [-0.15, -0.1) is 0 Å². The first-order chi connectivity index (χ1) is 3.21. The Balaban J connectivity index is 0.000000490. The fourth-order valence-corrected chi connectivity index (χ4v) is 0.822. The summed E-state index contributed by atoms with van der Waals surface area (Å²) in [5, 5.41) is 0. The lowest BCUT2D eigenvalue weighted by Gasteiger charge is -2.17. The Hall–Kier alpha value is 0.210. The maximum atomic E-state index is 5.28. The molecule has 0 saturated carbocycles. The van der Waals surface area contributed by atoms with Crippen molar-refractivity contribution in [1.29, 1.82) is 0 Å². The number of hydrogen-bond donors (Lipinski definition) is 0. The Bertz CT molecular complexity index is 66.8. The highest BCUT2D eigenvalue weighted by molar-refractivity contribution is 4.34. The number of rotatable bonds is 0. The number of quaternary nitrogens is 1. The smallest absolute Gasteiger partial charge is 0.112 e. The summed E-state index contributed by atoms with van der Waals surface area (Å²) in [5.41, 5.74) is 0. The average Bonchev–Trinajstić information content (AvgIpc) is 1.84. The van der Waals surface area contributed by atoms with Gasteiger partial charge in [0.1, 0.15) is 13.2 Å². The van der Waals surface area contributed by atoms with E-state index in [2.05, 4.69) is 14.1 Å². The summed E-state index contributed by atoms with van der Waals surface area (Å²) in [5.74, 6) is 0. The highest BCUT2D eigenvalue weighted by Crippen LogP contribution is 2.08. The molecular weight excluding hydrogens is 126 g/mol. The Morgan fingerprint density at radius 2 is 2.00 bits per heavy atom. The second-order valence-electron chi connectivity index (χ2n) is 2.48. The minimum Gasteiger partial charge on any atom is -1.00 e. The SMILES string of the molecule is C[N+]1(C)CCCO1.[Cl-]. The van der Waals surface area contributed by atoms with Gasteiger partial charge in [0.2, 0.25) is 0 Å². The van der Waals surface area contributed by atoms with Crippen LogP contribution in [0.25, 0.3) is 0 Å². The van der Waals surface area contributed by atoms with Crippen LogP contribution in [0.2, 0.25) is 0 Å². The number of nitrogens with zero attached hydrogens (tertiary/aromatic N) is 1. The summed E-state index contributed by atoms with van der Waals surface area (Å²) in [4.78, 5) is 5.28. The topological polar surface area (TPSA) is 9.23 Å². The van der Waals surface area contributed by atoms with E-state index < -0.39 is 0 Å². The molecule has 1 aliphatic heterocycles. The molecule has 1 rings (SSSR count). The third-order valence-corrected chi connectivity index (χ3v) is 1.28. The van der Waals surface area contributed by atoms with Gasteiger partial charge >= 0.3 is 0 Å². The van der Waals surface area contributed by atoms with Crippen molar-refractivity contribution in [1.82, 2.24) is 0 Å². The van der Waals surface area contributed by atoms with Gasteiger partial charge in [0.25, 0.3) is 0 Å². The molecule has 8 heavy (non-hydrogen) atoms. The number of halogens is 1. The summed E-state index contributed by atoms with van der Waals surface area (Å²) in [6, 6.07) is 0. The molecule has 0 N–H and O–H groups in total. The number of hydroxylamine groups is 3. The third kappa shape index (κ3) is 1.99. The largest absolute Gasteiger partial charge is 1.00 e. The van der Waals surface area contributed by atoms with Crippen LogP contribution in [-0.4, -0.2) is 31.9 Å². The summed E-state index contributed by atoms with van der Waals surface area (Å²) in [6.45, 7) is 2.10. The van der Waals surface area contributed by atoms with Gasteiger partial charge in [0, 0.05) is 6.42 Å². The van der Waals surface area contributed by atoms with Gasteiger partial charge in [-0.3, -0.25) is 0 Å². The molecule has 0 atom stereocenters. The Kier molecular flexibility index (Phi) is 2.74. The summed E-state index contributed by atoms with van der Waals surface area (Å²) in [7, 11) is 4.15. The van der Waals surface area contributed by atoms with Gasteiger partial charge in [-0.2, -0.15) is 4.65 Å². The molecular formula is C5H12ClNO. The zero-order chi connectivity index (χ0) is 5.33. The summed E-state index contributed by atoms with van der Waals surface area (Å²) >= 11 is 0. The van der Waals surface area contributed by atoms with Gasteiger partial charge < -0.3 is 12.4 Å². The van der Waals surface area contributed by atoms with Crippen LogP contribution in [0.4, 0.5) is 0 Å². The Morgan fingerprint density at radius 3 is 2.12 bits per heavy atom. The van der Waals surface area contributed by atoms with Crippen LogP contribution in [0.1, 0.15) is 6.42 Å². The van der Waals surface area contributed by atoms with E-state index >= 15 is 0 Å². The Morgan fingerprint density at radius 1 is 1.38 bits per heavy atom. The second kappa shape index (κ2) is 2.67. The van der Waals surface area contributed by atoms with Crippen LogP contribution in [0.3, 0.4) is 0 Å². The van der Waals surface area contributed by atoms with Crippen molar-refractivity contribution in [2.45, 2.75) is 6.42 Å². The maximum Gasteiger partial charge on any atom is 0.112 e. The molecule has 1 fully saturated rings.